The monoisotopic (exact) mass is 485 g/mol. The third-order valence-corrected chi connectivity index (χ3v) is 5.00. The van der Waals surface area contributed by atoms with Crippen LogP contribution in [0.25, 0.3) is 0 Å². The molecular weight excluding hydrogens is 472 g/mol. The molecule has 0 radical (unpaired) electrons. The van der Waals surface area contributed by atoms with Gasteiger partial charge in [0.05, 0.1) is 10.2 Å². The number of carbonyl (C=O) groups excluding carboxylic acids is 1. The number of carbonyl (C=O) groups is 1. The van der Waals surface area contributed by atoms with Crippen molar-refractivity contribution in [2.45, 2.75) is 44.3 Å². The number of nitrogens with zero attached hydrogens (tertiary/aromatic N) is 2. The fraction of sp³-hybridized carbons (Fsp3) is 0.412. The zero-order chi connectivity index (χ0) is 21.6. The van der Waals surface area contributed by atoms with Crippen molar-refractivity contribution in [2.24, 2.45) is 0 Å². The molecule has 1 fully saturated rings. The number of halogens is 7. The molecule has 0 saturated heterocycles. The van der Waals surface area contributed by atoms with Gasteiger partial charge < -0.3 is 10.1 Å². The normalized spacial score (nSPS) is 15.9. The van der Waals surface area contributed by atoms with E-state index in [9.17, 15) is 31.1 Å². The Hall–Kier alpha value is -2.24. The number of anilines is 1. The number of nitrogens with one attached hydrogen (secondary N) is 1. The van der Waals surface area contributed by atoms with Crippen LogP contribution in [0.15, 0.2) is 28.7 Å². The fourth-order valence-corrected chi connectivity index (χ4v) is 3.53. The molecule has 1 unspecified atom stereocenters. The van der Waals surface area contributed by atoms with E-state index in [4.69, 9.17) is 0 Å². The molecule has 1 aromatic heterocycles. The molecule has 3 rings (SSSR count). The lowest BCUT2D eigenvalue weighted by molar-refractivity contribution is -0.274. The third kappa shape index (κ3) is 5.03. The van der Waals surface area contributed by atoms with Crippen molar-refractivity contribution in [2.75, 3.05) is 5.32 Å². The average Bonchev–Trinajstić information content (AvgIpc) is 3.36. The van der Waals surface area contributed by atoms with Gasteiger partial charge in [-0.05, 0) is 60.0 Å². The molecule has 1 N–H and O–H groups in total. The van der Waals surface area contributed by atoms with Gasteiger partial charge in [0.15, 0.2) is 5.69 Å². The van der Waals surface area contributed by atoms with E-state index in [0.717, 1.165) is 16.8 Å². The second-order valence-corrected chi connectivity index (χ2v) is 7.29. The number of benzene rings is 1. The summed E-state index contributed by atoms with van der Waals surface area (Å²) in [6, 6.07) is 3.32. The second kappa shape index (κ2) is 7.54. The summed E-state index contributed by atoms with van der Waals surface area (Å²) in [5.41, 5.74) is -0.645. The molecule has 1 atom stereocenters. The summed E-state index contributed by atoms with van der Waals surface area (Å²) in [4.78, 5) is 12.5. The van der Waals surface area contributed by atoms with Crippen LogP contribution in [0.3, 0.4) is 0 Å². The van der Waals surface area contributed by atoms with Crippen LogP contribution in [0, 0.1) is 0 Å². The number of alkyl halides is 6. The van der Waals surface area contributed by atoms with Crippen molar-refractivity contribution in [1.82, 2.24) is 9.78 Å². The van der Waals surface area contributed by atoms with E-state index in [2.05, 4.69) is 31.1 Å². The predicted octanol–water partition coefficient (Wildman–Crippen LogP) is 5.64. The number of hydrogen-bond donors (Lipinski definition) is 1. The van der Waals surface area contributed by atoms with Gasteiger partial charge in [0.25, 0.3) is 0 Å². The summed E-state index contributed by atoms with van der Waals surface area (Å²) in [6.45, 7) is 1.39. The van der Waals surface area contributed by atoms with Crippen LogP contribution in [-0.2, 0) is 11.0 Å². The molecule has 29 heavy (non-hydrogen) atoms. The smallest absolute Gasteiger partial charge is 0.406 e. The summed E-state index contributed by atoms with van der Waals surface area (Å²) in [5, 5.41) is 6.05. The van der Waals surface area contributed by atoms with Crippen molar-refractivity contribution >= 4 is 27.5 Å². The van der Waals surface area contributed by atoms with Crippen LogP contribution >= 0.6 is 15.9 Å². The minimum absolute atomic E-state index is 0.123. The molecule has 1 amide bonds. The van der Waals surface area contributed by atoms with E-state index in [1.807, 2.05) is 0 Å². The summed E-state index contributed by atoms with van der Waals surface area (Å²) < 4.78 is 80.7. The zero-order valence-corrected chi connectivity index (χ0v) is 16.3. The van der Waals surface area contributed by atoms with E-state index in [1.165, 1.54) is 19.1 Å². The quantitative estimate of drug-likeness (QED) is 0.557. The minimum Gasteiger partial charge on any atom is -0.406 e. The molecule has 1 saturated carbocycles. The van der Waals surface area contributed by atoms with Gasteiger partial charge in [-0.25, -0.2) is 0 Å². The SMILES string of the molecule is CC(C(=O)Nc1ccc(OC(F)(F)F)cc1)n1nc(C(F)(F)F)c(Br)c1C1CC1. The standard InChI is InChI=1S/C17H14BrF6N3O2/c1-8(15(28)25-10-4-6-11(7-5-10)29-17(22,23)24)27-13(9-2-3-9)12(18)14(26-27)16(19,20)21/h4-9H,2-3H2,1H3,(H,25,28). The molecule has 0 spiro atoms. The minimum atomic E-state index is -4.85. The largest absolute Gasteiger partial charge is 0.573 e. The Morgan fingerprint density at radius 2 is 1.79 bits per heavy atom. The van der Waals surface area contributed by atoms with Gasteiger partial charge in [-0.2, -0.15) is 18.3 Å². The van der Waals surface area contributed by atoms with E-state index >= 15 is 0 Å². The first kappa shape index (κ1) is 21.5. The van der Waals surface area contributed by atoms with Crippen molar-refractivity contribution < 1.29 is 35.9 Å². The molecule has 5 nitrogen and oxygen atoms in total. The van der Waals surface area contributed by atoms with Gasteiger partial charge in [-0.15, -0.1) is 13.2 Å². The van der Waals surface area contributed by atoms with Crippen molar-refractivity contribution in [1.29, 1.82) is 0 Å². The number of hydrogen-bond acceptors (Lipinski definition) is 3. The molecule has 0 aliphatic heterocycles. The molecule has 1 aliphatic rings. The van der Waals surface area contributed by atoms with Crippen LogP contribution in [0.2, 0.25) is 0 Å². The Labute approximate surface area is 169 Å². The molecule has 12 heteroatoms. The van der Waals surface area contributed by atoms with Gasteiger partial charge >= 0.3 is 12.5 Å². The zero-order valence-electron chi connectivity index (χ0n) is 14.7. The molecule has 2 aromatic rings. The molecule has 158 valence electrons. The molecule has 1 aliphatic carbocycles. The summed E-state index contributed by atoms with van der Waals surface area (Å²) >= 11 is 2.95. The van der Waals surface area contributed by atoms with Gasteiger partial charge in [0.1, 0.15) is 11.8 Å². The maximum atomic E-state index is 13.2. The Balaban J connectivity index is 1.78. The molecular formula is C17H14BrF6N3O2. The highest BCUT2D eigenvalue weighted by molar-refractivity contribution is 9.10. The first-order valence-electron chi connectivity index (χ1n) is 8.38. The number of aromatic nitrogens is 2. The van der Waals surface area contributed by atoms with Crippen molar-refractivity contribution in [3.05, 3.63) is 40.1 Å². The average molecular weight is 486 g/mol. The highest BCUT2D eigenvalue weighted by Gasteiger charge is 2.43. The van der Waals surface area contributed by atoms with Crippen molar-refractivity contribution in [3.8, 4) is 5.75 Å². The van der Waals surface area contributed by atoms with Crippen LogP contribution in [0.4, 0.5) is 32.0 Å². The molecule has 1 heterocycles. The summed E-state index contributed by atoms with van der Waals surface area (Å²) in [7, 11) is 0. The molecule has 0 bridgehead atoms. The maximum absolute atomic E-state index is 13.2. The Morgan fingerprint density at radius 3 is 2.28 bits per heavy atom. The lowest BCUT2D eigenvalue weighted by Gasteiger charge is -2.16. The lowest BCUT2D eigenvalue weighted by Crippen LogP contribution is -2.26. The van der Waals surface area contributed by atoms with Crippen LogP contribution in [0.1, 0.15) is 43.1 Å². The summed E-state index contributed by atoms with van der Waals surface area (Å²) in [6.07, 6.45) is -8.15. The Kier molecular flexibility index (Phi) is 5.58. The number of rotatable bonds is 5. The first-order chi connectivity index (χ1) is 13.4. The van der Waals surface area contributed by atoms with Crippen LogP contribution < -0.4 is 10.1 Å². The summed E-state index contributed by atoms with van der Waals surface area (Å²) in [5.74, 6) is -1.26. The van der Waals surface area contributed by atoms with Gasteiger partial charge in [-0.1, -0.05) is 0 Å². The van der Waals surface area contributed by atoms with E-state index in [1.54, 1.807) is 0 Å². The first-order valence-corrected chi connectivity index (χ1v) is 9.18. The van der Waals surface area contributed by atoms with Gasteiger partial charge in [-0.3, -0.25) is 9.48 Å². The molecule has 1 aromatic carbocycles. The highest BCUT2D eigenvalue weighted by atomic mass is 79.9. The predicted molar refractivity (Wildman–Crippen MR) is 93.4 cm³/mol. The highest BCUT2D eigenvalue weighted by Crippen LogP contribution is 2.47. The maximum Gasteiger partial charge on any atom is 0.573 e. The second-order valence-electron chi connectivity index (χ2n) is 6.50. The van der Waals surface area contributed by atoms with E-state index < -0.39 is 35.9 Å². The Morgan fingerprint density at radius 1 is 1.21 bits per heavy atom. The fourth-order valence-electron chi connectivity index (χ4n) is 2.72. The third-order valence-electron chi connectivity index (χ3n) is 4.22. The van der Waals surface area contributed by atoms with E-state index in [-0.39, 0.29) is 16.1 Å². The van der Waals surface area contributed by atoms with Crippen molar-refractivity contribution in [3.63, 3.8) is 0 Å². The number of ether oxygens (including phenoxy) is 1. The Bertz CT molecular complexity index is 904. The van der Waals surface area contributed by atoms with Crippen LogP contribution in [-0.4, -0.2) is 22.1 Å². The lowest BCUT2D eigenvalue weighted by atomic mass is 10.2. The number of amides is 1. The van der Waals surface area contributed by atoms with Gasteiger partial charge in [0, 0.05) is 11.6 Å². The van der Waals surface area contributed by atoms with E-state index in [0.29, 0.717) is 18.5 Å². The topological polar surface area (TPSA) is 56.1 Å². The van der Waals surface area contributed by atoms with Crippen LogP contribution in [0.5, 0.6) is 5.75 Å². The van der Waals surface area contributed by atoms with Gasteiger partial charge in [0.2, 0.25) is 5.91 Å².